The largest absolute Gasteiger partial charge is 0.487 e. The normalized spacial score (nSPS) is 11.0. The van der Waals surface area contributed by atoms with Crippen molar-refractivity contribution in [2.75, 3.05) is 19.8 Å². The minimum Gasteiger partial charge on any atom is -0.265 e. The van der Waals surface area contributed by atoms with Crippen LogP contribution in [0.5, 0.6) is 0 Å². The van der Waals surface area contributed by atoms with Crippen LogP contribution in [0, 0.1) is 0 Å². The van der Waals surface area contributed by atoms with Crippen molar-refractivity contribution >= 4 is 22.1 Å². The van der Waals surface area contributed by atoms with Crippen LogP contribution in [0.2, 0.25) is 0 Å². The summed E-state index contributed by atoms with van der Waals surface area (Å²) in [4.78, 5) is 3.78. The highest BCUT2D eigenvalue weighted by atomic mass is 79.9. The van der Waals surface area contributed by atoms with E-state index in [-0.39, 0.29) is 0 Å². The van der Waals surface area contributed by atoms with E-state index in [1.54, 1.807) is 12.4 Å². The van der Waals surface area contributed by atoms with Gasteiger partial charge >= 0.3 is 6.65 Å². The standard InChI is InChI=1S/C12H27BrO3P.C5H5N/c1-4-7-10-14-17(13,15-11-8-5-2)16-12-9-6-3;1-2-4-6-5-3-1/h4-12H2,1-3H3;1-5H/q+1;. The lowest BCUT2D eigenvalue weighted by atomic mass is 10.4. The van der Waals surface area contributed by atoms with Crippen LogP contribution >= 0.6 is 22.1 Å². The summed E-state index contributed by atoms with van der Waals surface area (Å²) in [5, 5.41) is 0. The summed E-state index contributed by atoms with van der Waals surface area (Å²) in [5.74, 6) is 0. The Labute approximate surface area is 150 Å². The highest BCUT2D eigenvalue weighted by molar-refractivity contribution is 9.40. The zero-order valence-corrected chi connectivity index (χ0v) is 17.2. The molecule has 6 heteroatoms. The molecule has 0 fully saturated rings. The van der Waals surface area contributed by atoms with Gasteiger partial charge in [0.05, 0.1) is 19.8 Å². The number of aromatic nitrogens is 1. The Balaban J connectivity index is 0.000000664. The van der Waals surface area contributed by atoms with Gasteiger partial charge in [0.15, 0.2) is 0 Å². The average molecular weight is 409 g/mol. The molecule has 0 saturated heterocycles. The van der Waals surface area contributed by atoms with Gasteiger partial charge in [-0.3, -0.25) is 4.98 Å². The minimum absolute atomic E-state index is 0.702. The van der Waals surface area contributed by atoms with Gasteiger partial charge in [0.2, 0.25) is 15.5 Å². The summed E-state index contributed by atoms with van der Waals surface area (Å²) in [5.41, 5.74) is 0. The van der Waals surface area contributed by atoms with Crippen LogP contribution in [-0.2, 0) is 13.6 Å². The molecule has 0 aliphatic carbocycles. The molecule has 1 aromatic rings. The molecule has 0 bridgehead atoms. The van der Waals surface area contributed by atoms with Crippen molar-refractivity contribution in [3.8, 4) is 0 Å². The fourth-order valence-corrected chi connectivity index (χ4v) is 3.95. The summed E-state index contributed by atoms with van der Waals surface area (Å²) in [6.07, 6.45) is 10.00. The number of hydrogen-bond acceptors (Lipinski definition) is 4. The molecule has 0 unspecified atom stereocenters. The van der Waals surface area contributed by atoms with Gasteiger partial charge in [-0.05, 0) is 31.4 Å². The zero-order valence-electron chi connectivity index (χ0n) is 14.7. The third-order valence-corrected chi connectivity index (χ3v) is 6.11. The van der Waals surface area contributed by atoms with Crippen LogP contribution in [-0.4, -0.2) is 24.8 Å². The third kappa shape index (κ3) is 15.2. The maximum Gasteiger partial charge on any atom is 0.487 e. The zero-order chi connectivity index (χ0) is 17.2. The molecule has 134 valence electrons. The van der Waals surface area contributed by atoms with E-state index in [4.69, 9.17) is 13.6 Å². The number of rotatable bonds is 12. The Morgan fingerprint density at radius 3 is 1.35 bits per heavy atom. The lowest BCUT2D eigenvalue weighted by molar-refractivity contribution is 0.150. The number of pyridine rings is 1. The van der Waals surface area contributed by atoms with Crippen LogP contribution in [0.15, 0.2) is 30.6 Å². The van der Waals surface area contributed by atoms with Crippen molar-refractivity contribution in [2.45, 2.75) is 59.3 Å². The summed E-state index contributed by atoms with van der Waals surface area (Å²) < 4.78 is 17.2. The van der Waals surface area contributed by atoms with E-state index in [1.807, 2.05) is 18.2 Å². The molecular weight excluding hydrogens is 377 g/mol. The fourth-order valence-electron chi connectivity index (χ4n) is 1.38. The van der Waals surface area contributed by atoms with E-state index in [2.05, 4.69) is 41.2 Å². The first kappa shape index (κ1) is 22.9. The van der Waals surface area contributed by atoms with E-state index in [0.29, 0.717) is 19.8 Å². The number of nitrogens with zero attached hydrogens (tertiary/aromatic N) is 1. The Morgan fingerprint density at radius 2 is 1.13 bits per heavy atom. The first-order valence-corrected chi connectivity index (χ1v) is 12.1. The molecule has 0 N–H and O–H groups in total. The SMILES string of the molecule is CCCCO[P+](Br)(OCCCC)OCCCC.c1ccncc1. The summed E-state index contributed by atoms with van der Waals surface area (Å²) >= 11 is 3.52. The molecule has 1 heterocycles. The molecule has 1 rings (SSSR count). The fraction of sp³-hybridized carbons (Fsp3) is 0.706. The molecular formula is C17H32BrNO3P+. The van der Waals surface area contributed by atoms with Crippen molar-refractivity contribution in [3.05, 3.63) is 30.6 Å². The van der Waals surface area contributed by atoms with E-state index >= 15 is 0 Å². The van der Waals surface area contributed by atoms with Crippen LogP contribution in [0.25, 0.3) is 0 Å². The molecule has 0 atom stereocenters. The highest BCUT2D eigenvalue weighted by Crippen LogP contribution is 2.69. The molecule has 0 radical (unpaired) electrons. The summed E-state index contributed by atoms with van der Waals surface area (Å²) in [6.45, 7) is 6.30. The lowest BCUT2D eigenvalue weighted by Gasteiger charge is -2.15. The monoisotopic (exact) mass is 408 g/mol. The van der Waals surface area contributed by atoms with E-state index in [0.717, 1.165) is 38.5 Å². The first-order chi connectivity index (χ1) is 11.2. The first-order valence-electron chi connectivity index (χ1n) is 8.55. The van der Waals surface area contributed by atoms with Crippen LogP contribution < -0.4 is 0 Å². The van der Waals surface area contributed by atoms with Gasteiger partial charge in [0.1, 0.15) is 0 Å². The van der Waals surface area contributed by atoms with E-state index < -0.39 is 6.65 Å². The van der Waals surface area contributed by atoms with Crippen molar-refractivity contribution in [2.24, 2.45) is 0 Å². The van der Waals surface area contributed by atoms with Gasteiger partial charge in [0, 0.05) is 12.4 Å². The van der Waals surface area contributed by atoms with Crippen LogP contribution in [0.3, 0.4) is 0 Å². The van der Waals surface area contributed by atoms with E-state index in [9.17, 15) is 0 Å². The Bertz CT molecular complexity index is 291. The predicted molar refractivity (Wildman–Crippen MR) is 103 cm³/mol. The number of halogens is 1. The molecule has 0 aromatic carbocycles. The maximum absolute atomic E-state index is 5.75. The highest BCUT2D eigenvalue weighted by Gasteiger charge is 2.43. The third-order valence-electron chi connectivity index (χ3n) is 2.80. The second kappa shape index (κ2) is 16.8. The van der Waals surface area contributed by atoms with Gasteiger partial charge in [-0.25, -0.2) is 0 Å². The van der Waals surface area contributed by atoms with Crippen molar-refractivity contribution in [1.29, 1.82) is 0 Å². The van der Waals surface area contributed by atoms with Crippen molar-refractivity contribution in [3.63, 3.8) is 0 Å². The summed E-state index contributed by atoms with van der Waals surface area (Å²) in [6, 6.07) is 5.72. The van der Waals surface area contributed by atoms with Crippen molar-refractivity contribution in [1.82, 2.24) is 4.98 Å². The van der Waals surface area contributed by atoms with Gasteiger partial charge < -0.3 is 0 Å². The average Bonchev–Trinajstić information content (AvgIpc) is 2.58. The van der Waals surface area contributed by atoms with Gasteiger partial charge in [0.25, 0.3) is 0 Å². The van der Waals surface area contributed by atoms with Gasteiger partial charge in [-0.15, -0.1) is 0 Å². The Kier molecular flexibility index (Phi) is 16.7. The molecule has 0 spiro atoms. The molecule has 0 aliphatic rings. The van der Waals surface area contributed by atoms with Crippen molar-refractivity contribution < 1.29 is 13.6 Å². The molecule has 23 heavy (non-hydrogen) atoms. The van der Waals surface area contributed by atoms with Gasteiger partial charge in [-0.1, -0.05) is 46.1 Å². The van der Waals surface area contributed by atoms with Crippen LogP contribution in [0.4, 0.5) is 0 Å². The van der Waals surface area contributed by atoms with E-state index in [1.165, 1.54) is 0 Å². The smallest absolute Gasteiger partial charge is 0.265 e. The quantitative estimate of drug-likeness (QED) is 0.288. The predicted octanol–water partition coefficient (Wildman–Crippen LogP) is 6.59. The second-order valence-corrected chi connectivity index (χ2v) is 9.26. The molecule has 0 amide bonds. The second-order valence-electron chi connectivity index (χ2n) is 5.02. The number of unbranched alkanes of at least 4 members (excludes halogenated alkanes) is 3. The molecule has 4 nitrogen and oxygen atoms in total. The molecule has 0 aliphatic heterocycles. The molecule has 0 saturated carbocycles. The maximum atomic E-state index is 5.75. The number of hydrogen-bond donors (Lipinski definition) is 0. The van der Waals surface area contributed by atoms with Gasteiger partial charge in [-0.2, -0.15) is 13.6 Å². The Hall–Kier alpha value is -0.0600. The minimum atomic E-state index is -2.25. The Morgan fingerprint density at radius 1 is 0.739 bits per heavy atom. The topological polar surface area (TPSA) is 40.6 Å². The lowest BCUT2D eigenvalue weighted by Crippen LogP contribution is -2.05. The molecule has 1 aromatic heterocycles. The summed E-state index contributed by atoms with van der Waals surface area (Å²) in [7, 11) is 0. The van der Waals surface area contributed by atoms with Crippen LogP contribution in [0.1, 0.15) is 59.3 Å².